The topological polar surface area (TPSA) is 50.4 Å². The Bertz CT molecular complexity index is 1120. The van der Waals surface area contributed by atoms with Gasteiger partial charge in [-0.1, -0.05) is 6.08 Å². The molecule has 2 saturated heterocycles. The molecule has 0 amide bonds. The lowest BCUT2D eigenvalue weighted by Crippen LogP contribution is -2.36. The monoisotopic (exact) mass is 417 g/mol. The van der Waals surface area contributed by atoms with Crippen LogP contribution in [0.15, 0.2) is 61.1 Å². The van der Waals surface area contributed by atoms with Crippen LogP contribution in [-0.4, -0.2) is 53.0 Å². The van der Waals surface area contributed by atoms with Gasteiger partial charge in [-0.25, -0.2) is 4.39 Å². The number of nitrogens with zero attached hydrogens (tertiary/aromatic N) is 2. The molecule has 1 spiro atoms. The third-order valence-corrected chi connectivity index (χ3v) is 6.68. The number of benzene rings is 1. The quantitative estimate of drug-likeness (QED) is 0.682. The van der Waals surface area contributed by atoms with E-state index in [1.165, 1.54) is 23.3 Å². The number of pyridine rings is 1. The summed E-state index contributed by atoms with van der Waals surface area (Å²) < 4.78 is 25.5. The van der Waals surface area contributed by atoms with Crippen LogP contribution in [0.1, 0.15) is 18.4 Å². The van der Waals surface area contributed by atoms with Gasteiger partial charge in [0.2, 0.25) is 0 Å². The molecule has 3 aromatic rings. The molecule has 158 valence electrons. The van der Waals surface area contributed by atoms with Gasteiger partial charge >= 0.3 is 0 Å². The third-order valence-electron chi connectivity index (χ3n) is 6.68. The van der Waals surface area contributed by atoms with Gasteiger partial charge in [0, 0.05) is 48.7 Å². The zero-order chi connectivity index (χ0) is 20.8. The van der Waals surface area contributed by atoms with Gasteiger partial charge in [-0.15, -0.1) is 0 Å². The van der Waals surface area contributed by atoms with Crippen molar-refractivity contribution in [2.45, 2.75) is 24.7 Å². The maximum absolute atomic E-state index is 13.5. The van der Waals surface area contributed by atoms with Crippen molar-refractivity contribution in [3.63, 3.8) is 0 Å². The molecule has 1 aromatic carbocycles. The molecule has 5 nitrogen and oxygen atoms in total. The van der Waals surface area contributed by atoms with Crippen LogP contribution in [-0.2, 0) is 9.47 Å². The molecule has 3 aliphatic rings. The zero-order valence-electron chi connectivity index (χ0n) is 17.2. The molecule has 6 rings (SSSR count). The van der Waals surface area contributed by atoms with Gasteiger partial charge < -0.3 is 14.5 Å². The van der Waals surface area contributed by atoms with Crippen LogP contribution < -0.4 is 0 Å². The van der Waals surface area contributed by atoms with E-state index in [-0.39, 0.29) is 5.82 Å². The van der Waals surface area contributed by atoms with Crippen molar-refractivity contribution in [3.05, 3.63) is 72.4 Å². The summed E-state index contributed by atoms with van der Waals surface area (Å²) in [4.78, 5) is 10.1. The Hall–Kier alpha value is -2.80. The number of aromatic amines is 1. The summed E-state index contributed by atoms with van der Waals surface area (Å²) in [6.07, 6.45) is 9.90. The molecule has 0 radical (unpaired) electrons. The lowest BCUT2D eigenvalue weighted by atomic mass is 9.89. The summed E-state index contributed by atoms with van der Waals surface area (Å²) in [5, 5.41) is 0. The van der Waals surface area contributed by atoms with Crippen molar-refractivity contribution in [1.82, 2.24) is 14.9 Å². The molecule has 1 atom stereocenters. The lowest BCUT2D eigenvalue weighted by molar-refractivity contribution is -0.145. The lowest BCUT2D eigenvalue weighted by Gasteiger charge is -2.28. The molecule has 1 N–H and O–H groups in total. The summed E-state index contributed by atoms with van der Waals surface area (Å²) in [5.74, 6) is -0.651. The fourth-order valence-electron chi connectivity index (χ4n) is 5.24. The van der Waals surface area contributed by atoms with E-state index in [1.807, 2.05) is 36.7 Å². The molecular formula is C25H24FN3O2. The van der Waals surface area contributed by atoms with Gasteiger partial charge in [0.1, 0.15) is 5.82 Å². The molecule has 2 aromatic heterocycles. The number of hydrogen-bond acceptors (Lipinski definition) is 4. The van der Waals surface area contributed by atoms with Crippen molar-refractivity contribution < 1.29 is 13.9 Å². The minimum Gasteiger partial charge on any atom is -0.360 e. The second-order valence-electron chi connectivity index (χ2n) is 8.52. The van der Waals surface area contributed by atoms with Gasteiger partial charge in [0.05, 0.1) is 25.5 Å². The van der Waals surface area contributed by atoms with Gasteiger partial charge in [-0.3, -0.25) is 9.88 Å². The summed E-state index contributed by atoms with van der Waals surface area (Å²) >= 11 is 0. The minimum absolute atomic E-state index is 0.234. The molecule has 3 aliphatic heterocycles. The van der Waals surface area contributed by atoms with E-state index in [0.717, 1.165) is 48.3 Å². The summed E-state index contributed by atoms with van der Waals surface area (Å²) in [5.41, 5.74) is 6.71. The van der Waals surface area contributed by atoms with E-state index in [0.29, 0.717) is 19.3 Å². The highest BCUT2D eigenvalue weighted by Gasteiger charge is 2.49. The number of halogens is 1. The van der Waals surface area contributed by atoms with Crippen molar-refractivity contribution in [2.75, 3.05) is 26.3 Å². The fourth-order valence-corrected chi connectivity index (χ4v) is 5.24. The number of nitrogens with one attached hydrogen (secondary N) is 1. The van der Waals surface area contributed by atoms with Crippen molar-refractivity contribution in [1.29, 1.82) is 0 Å². The molecule has 0 unspecified atom stereocenters. The minimum atomic E-state index is -0.417. The predicted octanol–water partition coefficient (Wildman–Crippen LogP) is 4.49. The van der Waals surface area contributed by atoms with E-state index in [2.05, 4.69) is 27.1 Å². The van der Waals surface area contributed by atoms with Crippen LogP contribution in [0.5, 0.6) is 0 Å². The molecule has 2 fully saturated rings. The van der Waals surface area contributed by atoms with E-state index in [9.17, 15) is 4.39 Å². The Morgan fingerprint density at radius 2 is 1.81 bits per heavy atom. The van der Waals surface area contributed by atoms with Gasteiger partial charge in [0.15, 0.2) is 5.79 Å². The molecule has 31 heavy (non-hydrogen) atoms. The first-order chi connectivity index (χ1) is 15.2. The van der Waals surface area contributed by atoms with Crippen LogP contribution in [0.4, 0.5) is 4.39 Å². The van der Waals surface area contributed by atoms with E-state index < -0.39 is 5.79 Å². The molecule has 6 heteroatoms. The Balaban J connectivity index is 1.38. The maximum atomic E-state index is 13.5. The Labute approximate surface area is 180 Å². The number of rotatable bonds is 3. The molecule has 0 saturated carbocycles. The van der Waals surface area contributed by atoms with Crippen LogP contribution in [0.25, 0.3) is 28.0 Å². The molecular weight excluding hydrogens is 393 g/mol. The summed E-state index contributed by atoms with van der Waals surface area (Å²) in [6, 6.07) is 11.1. The Morgan fingerprint density at radius 1 is 1.03 bits per heavy atom. The number of aromatic nitrogens is 2. The predicted molar refractivity (Wildman–Crippen MR) is 117 cm³/mol. The van der Waals surface area contributed by atoms with Gasteiger partial charge in [0.25, 0.3) is 0 Å². The normalized spacial score (nSPS) is 22.6. The van der Waals surface area contributed by atoms with Crippen LogP contribution in [0.3, 0.4) is 0 Å². The number of hydrogen-bond donors (Lipinski definition) is 1. The van der Waals surface area contributed by atoms with Crippen molar-refractivity contribution in [3.8, 4) is 22.4 Å². The first kappa shape index (κ1) is 18.9. The third kappa shape index (κ3) is 3.31. The molecule has 0 bridgehead atoms. The Morgan fingerprint density at radius 3 is 2.58 bits per heavy atom. The van der Waals surface area contributed by atoms with Crippen LogP contribution >= 0.6 is 0 Å². The second-order valence-corrected chi connectivity index (χ2v) is 8.52. The number of ether oxygens (including phenoxy) is 2. The second kappa shape index (κ2) is 7.41. The van der Waals surface area contributed by atoms with Crippen LogP contribution in [0, 0.1) is 5.82 Å². The van der Waals surface area contributed by atoms with E-state index in [1.54, 1.807) is 0 Å². The highest BCUT2D eigenvalue weighted by Crippen LogP contribution is 2.44. The Kier molecular flexibility index (Phi) is 4.52. The fraction of sp³-hybridized carbons (Fsp3) is 0.320. The van der Waals surface area contributed by atoms with Gasteiger partial charge in [-0.2, -0.15) is 0 Å². The average Bonchev–Trinajstić information content (AvgIpc) is 3.52. The number of H-pyrrole nitrogens is 1. The summed E-state index contributed by atoms with van der Waals surface area (Å²) in [6.45, 7) is 3.10. The van der Waals surface area contributed by atoms with Crippen molar-refractivity contribution >= 4 is 5.57 Å². The highest BCUT2D eigenvalue weighted by molar-refractivity contribution is 5.91. The highest BCUT2D eigenvalue weighted by atomic mass is 19.1. The van der Waals surface area contributed by atoms with Gasteiger partial charge in [-0.05, 0) is 59.5 Å². The van der Waals surface area contributed by atoms with E-state index >= 15 is 0 Å². The first-order valence-electron chi connectivity index (χ1n) is 10.8. The standard InChI is InChI=1S/C25H24FN3O2/c26-20-3-1-18(2-4-20)24-23(17-5-8-27-9-6-17)22(15-28-24)19-7-10-29-16-25(14-21(29)13-19)30-11-12-31-25/h1-9,15,21,28H,10-14,16H2/t21-/m1/s1. The van der Waals surface area contributed by atoms with Crippen LogP contribution in [0.2, 0.25) is 0 Å². The smallest absolute Gasteiger partial charge is 0.182 e. The maximum Gasteiger partial charge on any atom is 0.182 e. The largest absolute Gasteiger partial charge is 0.360 e. The van der Waals surface area contributed by atoms with Crippen molar-refractivity contribution in [2.24, 2.45) is 0 Å². The SMILES string of the molecule is Fc1ccc(-c2[nH]cc(C3=CCN4CC5(C[C@H]4C3)OCCO5)c2-c2ccncc2)cc1. The molecule has 5 heterocycles. The number of fused-ring (bicyclic) bond motifs is 1. The first-order valence-corrected chi connectivity index (χ1v) is 10.8. The van der Waals surface area contributed by atoms with E-state index in [4.69, 9.17) is 9.47 Å². The molecule has 0 aliphatic carbocycles. The zero-order valence-corrected chi connectivity index (χ0v) is 17.2. The summed E-state index contributed by atoms with van der Waals surface area (Å²) in [7, 11) is 0. The average molecular weight is 417 g/mol.